The van der Waals surface area contributed by atoms with Gasteiger partial charge >= 0.3 is 0 Å². The quantitative estimate of drug-likeness (QED) is 0.108. The van der Waals surface area contributed by atoms with Gasteiger partial charge in [-0.05, 0) is 93.1 Å². The van der Waals surface area contributed by atoms with Crippen LogP contribution in [-0.2, 0) is 36.1 Å². The number of pyridine rings is 2. The number of piperidine rings is 2. The Balaban J connectivity index is 0.755. The number of benzene rings is 2. The van der Waals surface area contributed by atoms with Crippen LogP contribution in [0, 0.1) is 18.6 Å². The Bertz CT molecular complexity index is 3200. The highest BCUT2D eigenvalue weighted by Gasteiger charge is 2.35. The highest BCUT2D eigenvalue weighted by atomic mass is 19.1. The summed E-state index contributed by atoms with van der Waals surface area (Å²) in [7, 11) is 5.06. The van der Waals surface area contributed by atoms with Crippen molar-refractivity contribution in [1.82, 2.24) is 39.0 Å². The van der Waals surface area contributed by atoms with Gasteiger partial charge in [0.1, 0.15) is 23.3 Å². The van der Waals surface area contributed by atoms with Crippen LogP contribution in [0.15, 0.2) is 77.9 Å². The number of hydrogen-bond donors (Lipinski definition) is 4. The molecular formula is C53H59F2N11O6. The number of anilines is 3. The van der Waals surface area contributed by atoms with E-state index in [9.17, 15) is 28.7 Å². The lowest BCUT2D eigenvalue weighted by Crippen LogP contribution is -2.47. The number of fused-ring (bicyclic) bond motifs is 2. The molecule has 4 aliphatic rings. The molecule has 2 atom stereocenters. The standard InChI is InChI=1S/C53H59F2N11O6/c1-31-22-34(23-39(54)49(31)33-11-16-62(17-12-33)32(2)45-26-38-44(10-15-57-50(38)61(45)4)65-30-40(55)43(56-3)27-48(65)68)52(70)64-20-21-66-37(29-64)24-35(60-66)28-53(71)13-18-63(19-14-53)36-6-7-41(46(25-36)72-5)58-42-8-9-47(67)59-51(42)69/h6-7,10-11,15,22-27,30,32,42,56,58,71H,8-9,12-14,16-21,28-29H2,1-5H3,(H,59,67,69)/t32-,42?/m0/s1. The van der Waals surface area contributed by atoms with Crippen LogP contribution in [0.3, 0.4) is 0 Å². The van der Waals surface area contributed by atoms with Gasteiger partial charge in [-0.2, -0.15) is 5.10 Å². The first kappa shape index (κ1) is 48.3. The molecule has 2 fully saturated rings. The fourth-order valence-corrected chi connectivity index (χ4v) is 10.9. The normalized spacial score (nSPS) is 18.7. The molecular weight excluding hydrogens is 925 g/mol. The molecule has 376 valence electrons. The first-order valence-corrected chi connectivity index (χ1v) is 24.5. The zero-order valence-corrected chi connectivity index (χ0v) is 41.1. The second-order valence-electron chi connectivity index (χ2n) is 19.5. The average molecular weight is 984 g/mol. The van der Waals surface area contributed by atoms with Crippen LogP contribution in [0.25, 0.3) is 22.3 Å². The van der Waals surface area contributed by atoms with E-state index in [0.29, 0.717) is 117 Å². The van der Waals surface area contributed by atoms with Crippen LogP contribution in [0.5, 0.6) is 5.75 Å². The fraction of sp³-hybridized carbons (Fsp3) is 0.396. The molecule has 72 heavy (non-hydrogen) atoms. The number of aromatic nitrogens is 5. The number of hydrogen-bond acceptors (Lipinski definition) is 12. The monoisotopic (exact) mass is 983 g/mol. The van der Waals surface area contributed by atoms with E-state index < -0.39 is 23.3 Å². The molecule has 0 radical (unpaired) electrons. The van der Waals surface area contributed by atoms with Gasteiger partial charge in [0, 0.05) is 112 Å². The molecule has 0 spiro atoms. The van der Waals surface area contributed by atoms with E-state index in [4.69, 9.17) is 9.84 Å². The Labute approximate surface area is 415 Å². The molecule has 4 N–H and O–H groups in total. The topological polar surface area (TPSA) is 184 Å². The van der Waals surface area contributed by atoms with Crippen molar-refractivity contribution in [3.8, 4) is 11.4 Å². The Hall–Kier alpha value is -7.38. The van der Waals surface area contributed by atoms with Gasteiger partial charge < -0.3 is 34.8 Å². The van der Waals surface area contributed by atoms with E-state index in [0.717, 1.165) is 33.7 Å². The molecule has 1 unspecified atom stereocenters. The van der Waals surface area contributed by atoms with Gasteiger partial charge in [-0.25, -0.2) is 13.8 Å². The van der Waals surface area contributed by atoms with Crippen molar-refractivity contribution in [2.75, 3.05) is 62.4 Å². The third kappa shape index (κ3) is 9.22. The number of carbonyl (C=O) groups excluding carboxylic acids is 3. The molecule has 4 aliphatic heterocycles. The number of imide groups is 1. The van der Waals surface area contributed by atoms with Crippen LogP contribution in [0.2, 0.25) is 0 Å². The maximum atomic E-state index is 16.2. The maximum Gasteiger partial charge on any atom is 0.257 e. The first-order valence-electron chi connectivity index (χ1n) is 24.5. The molecule has 19 heteroatoms. The third-order valence-corrected chi connectivity index (χ3v) is 15.0. The zero-order valence-electron chi connectivity index (χ0n) is 41.1. The van der Waals surface area contributed by atoms with Crippen molar-refractivity contribution in [2.45, 2.75) is 83.1 Å². The lowest BCUT2D eigenvalue weighted by atomic mass is 9.86. The van der Waals surface area contributed by atoms with Gasteiger partial charge in [0.25, 0.3) is 11.5 Å². The molecule has 10 rings (SSSR count). The van der Waals surface area contributed by atoms with Gasteiger partial charge in [0.15, 0.2) is 5.82 Å². The number of halogens is 2. The van der Waals surface area contributed by atoms with E-state index in [1.165, 1.54) is 22.9 Å². The number of amides is 3. The highest BCUT2D eigenvalue weighted by molar-refractivity contribution is 6.01. The fourth-order valence-electron chi connectivity index (χ4n) is 10.9. The number of aliphatic hydroxyl groups is 1. The molecule has 2 aromatic carbocycles. The van der Waals surface area contributed by atoms with Crippen LogP contribution < -0.4 is 31.1 Å². The molecule has 0 saturated carbocycles. The predicted molar refractivity (Wildman–Crippen MR) is 269 cm³/mol. The third-order valence-electron chi connectivity index (χ3n) is 15.0. The summed E-state index contributed by atoms with van der Waals surface area (Å²) in [4.78, 5) is 61.7. The zero-order chi connectivity index (χ0) is 50.6. The Morgan fingerprint density at radius 2 is 1.79 bits per heavy atom. The largest absolute Gasteiger partial charge is 0.495 e. The van der Waals surface area contributed by atoms with Crippen molar-refractivity contribution in [1.29, 1.82) is 0 Å². The molecule has 0 aliphatic carbocycles. The molecule has 8 heterocycles. The van der Waals surface area contributed by atoms with E-state index in [-0.39, 0.29) is 41.4 Å². The lowest BCUT2D eigenvalue weighted by Gasteiger charge is -2.39. The average Bonchev–Trinajstić information content (AvgIpc) is 3.94. The Morgan fingerprint density at radius 1 is 0.986 bits per heavy atom. The second kappa shape index (κ2) is 19.3. The van der Waals surface area contributed by atoms with Crippen LogP contribution in [0.4, 0.5) is 25.8 Å². The van der Waals surface area contributed by atoms with Crippen molar-refractivity contribution < 1.29 is 33.0 Å². The summed E-state index contributed by atoms with van der Waals surface area (Å²) in [6, 6.07) is 15.2. The smallest absolute Gasteiger partial charge is 0.257 e. The molecule has 6 aromatic rings. The Kier molecular flexibility index (Phi) is 13.0. The number of methoxy groups -OCH3 is 1. The van der Waals surface area contributed by atoms with Gasteiger partial charge in [-0.1, -0.05) is 6.08 Å². The van der Waals surface area contributed by atoms with Crippen molar-refractivity contribution >= 4 is 51.4 Å². The maximum absolute atomic E-state index is 16.2. The van der Waals surface area contributed by atoms with Crippen molar-refractivity contribution in [3.05, 3.63) is 129 Å². The number of nitrogens with one attached hydrogen (secondary N) is 3. The van der Waals surface area contributed by atoms with Crippen LogP contribution in [0.1, 0.15) is 83.6 Å². The molecule has 17 nitrogen and oxygen atoms in total. The summed E-state index contributed by atoms with van der Waals surface area (Å²) < 4.78 is 41.9. The van der Waals surface area contributed by atoms with Crippen LogP contribution >= 0.6 is 0 Å². The SMILES string of the molecule is CNc1cc(=O)n(-c2ccnc3c2cc([C@H](C)N2CC=C(c4c(C)cc(C(=O)N5CCn6nc(CC7(O)CCN(c8ccc(NC9CCC(=O)NC9=O)c(OC)c8)CC7)cc6C5)cc4F)CC2)n3C)cc1F. The summed E-state index contributed by atoms with van der Waals surface area (Å²) in [5, 5.41) is 25.6. The van der Waals surface area contributed by atoms with Gasteiger partial charge in [0.2, 0.25) is 11.8 Å². The highest BCUT2D eigenvalue weighted by Crippen LogP contribution is 2.37. The van der Waals surface area contributed by atoms with E-state index in [1.54, 1.807) is 37.4 Å². The number of nitrogens with zero attached hydrogens (tertiary/aromatic N) is 8. The van der Waals surface area contributed by atoms with Gasteiger partial charge in [-0.15, -0.1) is 0 Å². The first-order chi connectivity index (χ1) is 34.6. The van der Waals surface area contributed by atoms with Crippen LogP contribution in [-0.4, -0.2) is 115 Å². The number of rotatable bonds is 12. The summed E-state index contributed by atoms with van der Waals surface area (Å²) in [5.41, 5.74) is 6.52. The van der Waals surface area contributed by atoms with E-state index in [1.807, 2.05) is 53.6 Å². The second-order valence-corrected chi connectivity index (χ2v) is 19.5. The molecule has 2 saturated heterocycles. The minimum atomic E-state index is -0.970. The number of ether oxygens (including phenoxy) is 1. The summed E-state index contributed by atoms with van der Waals surface area (Å²) in [6.45, 7) is 7.58. The predicted octanol–water partition coefficient (Wildman–Crippen LogP) is 5.86. The summed E-state index contributed by atoms with van der Waals surface area (Å²) >= 11 is 0. The van der Waals surface area contributed by atoms with E-state index >= 15 is 4.39 Å². The van der Waals surface area contributed by atoms with Gasteiger partial charge in [0.05, 0.1) is 60.4 Å². The molecule has 0 bridgehead atoms. The van der Waals surface area contributed by atoms with Crippen molar-refractivity contribution in [2.24, 2.45) is 7.05 Å². The lowest BCUT2D eigenvalue weighted by molar-refractivity contribution is -0.133. The minimum absolute atomic E-state index is 0.0674. The van der Waals surface area contributed by atoms with E-state index in [2.05, 4.69) is 43.7 Å². The van der Waals surface area contributed by atoms with Crippen molar-refractivity contribution in [3.63, 3.8) is 0 Å². The number of carbonyl (C=O) groups is 3. The van der Waals surface area contributed by atoms with Gasteiger partial charge in [-0.3, -0.25) is 38.6 Å². The summed E-state index contributed by atoms with van der Waals surface area (Å²) in [6.07, 6.45) is 7.52. The minimum Gasteiger partial charge on any atom is -0.495 e. The summed E-state index contributed by atoms with van der Waals surface area (Å²) in [5.74, 6) is -1.29. The molecule has 4 aromatic heterocycles. The number of aryl methyl sites for hydroxylation is 2. The Morgan fingerprint density at radius 3 is 2.51 bits per heavy atom. The molecule has 3 amide bonds.